The molecule has 164 valence electrons. The van der Waals surface area contributed by atoms with E-state index in [0.29, 0.717) is 12.2 Å². The van der Waals surface area contributed by atoms with Crippen molar-refractivity contribution in [2.45, 2.75) is 37.2 Å². The van der Waals surface area contributed by atoms with Gasteiger partial charge in [0.05, 0.1) is 30.2 Å². The SMILES string of the molecule is Cc1ccc(S(=O)(=O)N(C[C@H](O)C[NH+]2CCCCC2)c2cccc3ccccc23)cc1. The summed E-state index contributed by atoms with van der Waals surface area (Å²) < 4.78 is 28.8. The molecule has 0 saturated carbocycles. The normalized spacial score (nSPS) is 16.3. The third-order valence-electron chi connectivity index (χ3n) is 6.11. The van der Waals surface area contributed by atoms with E-state index < -0.39 is 16.1 Å². The number of hydrogen-bond donors (Lipinski definition) is 2. The number of nitrogens with zero attached hydrogens (tertiary/aromatic N) is 1. The Morgan fingerprint density at radius 1 is 0.935 bits per heavy atom. The van der Waals surface area contributed by atoms with Crippen molar-refractivity contribution in [1.29, 1.82) is 0 Å². The standard InChI is InChI=1S/C25H30N2O3S/c1-20-12-14-23(15-13-20)31(29,30)27(19-22(28)18-26-16-5-2-6-17-26)25-11-7-9-21-8-3-4-10-24(21)25/h3-4,7-15,22,28H,2,5-6,16-19H2,1H3/p+1/t22-/m1/s1. The predicted octanol–water partition coefficient (Wildman–Crippen LogP) is 2.77. The van der Waals surface area contributed by atoms with E-state index in [9.17, 15) is 13.5 Å². The van der Waals surface area contributed by atoms with Crippen molar-refractivity contribution in [3.63, 3.8) is 0 Å². The van der Waals surface area contributed by atoms with Crippen LogP contribution in [-0.2, 0) is 10.0 Å². The molecule has 0 spiro atoms. The number of anilines is 1. The highest BCUT2D eigenvalue weighted by Crippen LogP contribution is 2.31. The number of piperidine rings is 1. The number of quaternary nitrogens is 1. The van der Waals surface area contributed by atoms with Gasteiger partial charge in [0.1, 0.15) is 12.6 Å². The van der Waals surface area contributed by atoms with Gasteiger partial charge in [-0.2, -0.15) is 0 Å². The molecule has 0 amide bonds. The number of fused-ring (bicyclic) bond motifs is 1. The van der Waals surface area contributed by atoms with Gasteiger partial charge in [-0.1, -0.05) is 54.1 Å². The topological polar surface area (TPSA) is 62.0 Å². The Kier molecular flexibility index (Phi) is 6.60. The van der Waals surface area contributed by atoms with Gasteiger partial charge in [-0.05, 0) is 49.8 Å². The number of likely N-dealkylation sites (tertiary alicyclic amines) is 1. The Bertz CT molecular complexity index is 1120. The average Bonchev–Trinajstić information content (AvgIpc) is 2.78. The van der Waals surface area contributed by atoms with Gasteiger partial charge in [0.25, 0.3) is 10.0 Å². The van der Waals surface area contributed by atoms with E-state index in [1.165, 1.54) is 15.6 Å². The third kappa shape index (κ3) is 4.92. The first-order valence-electron chi connectivity index (χ1n) is 11.0. The van der Waals surface area contributed by atoms with Gasteiger partial charge < -0.3 is 10.0 Å². The molecule has 0 unspecified atom stereocenters. The van der Waals surface area contributed by atoms with Crippen LogP contribution < -0.4 is 9.21 Å². The molecule has 5 nitrogen and oxygen atoms in total. The molecule has 6 heteroatoms. The summed E-state index contributed by atoms with van der Waals surface area (Å²) in [7, 11) is -3.83. The maximum absolute atomic E-state index is 13.7. The van der Waals surface area contributed by atoms with E-state index in [4.69, 9.17) is 0 Å². The molecule has 1 aliphatic heterocycles. The molecule has 3 aromatic carbocycles. The number of aliphatic hydroxyl groups excluding tert-OH is 1. The quantitative estimate of drug-likeness (QED) is 0.595. The molecule has 2 N–H and O–H groups in total. The molecular weight excluding hydrogens is 408 g/mol. The molecule has 0 aromatic heterocycles. The van der Waals surface area contributed by atoms with E-state index >= 15 is 0 Å². The number of nitrogens with one attached hydrogen (secondary N) is 1. The second kappa shape index (κ2) is 9.39. The van der Waals surface area contributed by atoms with Crippen LogP contribution in [0, 0.1) is 6.92 Å². The number of aliphatic hydroxyl groups is 1. The molecule has 31 heavy (non-hydrogen) atoms. The summed E-state index contributed by atoms with van der Waals surface area (Å²) >= 11 is 0. The number of sulfonamides is 1. The summed E-state index contributed by atoms with van der Waals surface area (Å²) in [6.07, 6.45) is 2.82. The van der Waals surface area contributed by atoms with Crippen LogP contribution in [0.25, 0.3) is 10.8 Å². The second-order valence-corrected chi connectivity index (χ2v) is 10.4. The van der Waals surface area contributed by atoms with E-state index in [2.05, 4.69) is 0 Å². The fourth-order valence-corrected chi connectivity index (χ4v) is 5.96. The molecule has 1 saturated heterocycles. The van der Waals surface area contributed by atoms with Crippen LogP contribution in [0.1, 0.15) is 24.8 Å². The van der Waals surface area contributed by atoms with E-state index in [1.807, 2.05) is 61.5 Å². The second-order valence-electron chi connectivity index (χ2n) is 8.52. The zero-order valence-corrected chi connectivity index (χ0v) is 18.8. The highest BCUT2D eigenvalue weighted by molar-refractivity contribution is 7.92. The number of hydrogen-bond acceptors (Lipinski definition) is 3. The molecule has 1 fully saturated rings. The van der Waals surface area contributed by atoms with Gasteiger partial charge in [-0.3, -0.25) is 4.31 Å². The third-order valence-corrected chi connectivity index (χ3v) is 7.90. The smallest absolute Gasteiger partial charge is 0.264 e. The van der Waals surface area contributed by atoms with Crippen LogP contribution in [0.15, 0.2) is 71.6 Å². The summed E-state index contributed by atoms with van der Waals surface area (Å²) in [6, 6.07) is 20.3. The maximum atomic E-state index is 13.7. The molecule has 1 heterocycles. The minimum Gasteiger partial charge on any atom is -0.385 e. The van der Waals surface area contributed by atoms with Gasteiger partial charge in [0, 0.05) is 5.39 Å². The summed E-state index contributed by atoms with van der Waals surface area (Å²) in [6.45, 7) is 4.61. The lowest BCUT2D eigenvalue weighted by Crippen LogP contribution is -3.14. The predicted molar refractivity (Wildman–Crippen MR) is 125 cm³/mol. The first-order valence-corrected chi connectivity index (χ1v) is 12.5. The highest BCUT2D eigenvalue weighted by atomic mass is 32.2. The average molecular weight is 440 g/mol. The van der Waals surface area contributed by atoms with Crippen LogP contribution in [0.2, 0.25) is 0 Å². The van der Waals surface area contributed by atoms with Gasteiger partial charge in [0.15, 0.2) is 0 Å². The molecule has 1 atom stereocenters. The molecule has 0 aliphatic carbocycles. The fourth-order valence-electron chi connectivity index (χ4n) is 4.43. The molecule has 0 bridgehead atoms. The van der Waals surface area contributed by atoms with Crippen LogP contribution in [0.4, 0.5) is 5.69 Å². The Hall–Kier alpha value is -2.41. The number of benzene rings is 3. The lowest BCUT2D eigenvalue weighted by Gasteiger charge is -2.30. The maximum Gasteiger partial charge on any atom is 0.264 e. The van der Waals surface area contributed by atoms with Gasteiger partial charge in [-0.25, -0.2) is 8.42 Å². The van der Waals surface area contributed by atoms with E-state index in [-0.39, 0.29) is 11.4 Å². The van der Waals surface area contributed by atoms with Crippen LogP contribution in [0.3, 0.4) is 0 Å². The largest absolute Gasteiger partial charge is 0.385 e. The fraction of sp³-hybridized carbons (Fsp3) is 0.360. The van der Waals surface area contributed by atoms with Crippen molar-refractivity contribution in [1.82, 2.24) is 0 Å². The summed E-state index contributed by atoms with van der Waals surface area (Å²) in [4.78, 5) is 1.59. The van der Waals surface area contributed by atoms with Gasteiger partial charge >= 0.3 is 0 Å². The number of rotatable bonds is 7. The van der Waals surface area contributed by atoms with Crippen molar-refractivity contribution < 1.29 is 18.4 Å². The highest BCUT2D eigenvalue weighted by Gasteiger charge is 2.30. The van der Waals surface area contributed by atoms with Crippen molar-refractivity contribution in [3.05, 3.63) is 72.3 Å². The van der Waals surface area contributed by atoms with Crippen molar-refractivity contribution in [2.75, 3.05) is 30.5 Å². The van der Waals surface area contributed by atoms with Crippen LogP contribution >= 0.6 is 0 Å². The summed E-state index contributed by atoms with van der Waals surface area (Å²) in [5.41, 5.74) is 1.61. The summed E-state index contributed by atoms with van der Waals surface area (Å²) in [5.74, 6) is 0. The Morgan fingerprint density at radius 3 is 2.35 bits per heavy atom. The molecular formula is C25H31N2O3S+. The molecule has 1 aliphatic rings. The van der Waals surface area contributed by atoms with E-state index in [0.717, 1.165) is 42.3 Å². The summed E-state index contributed by atoms with van der Waals surface area (Å²) in [5, 5.41) is 12.8. The zero-order chi connectivity index (χ0) is 21.8. The minimum absolute atomic E-state index is 0.0354. The van der Waals surface area contributed by atoms with Crippen molar-refractivity contribution >= 4 is 26.5 Å². The number of aryl methyl sites for hydroxylation is 1. The minimum atomic E-state index is -3.83. The van der Waals surface area contributed by atoms with Gasteiger partial charge in [-0.15, -0.1) is 0 Å². The molecule has 0 radical (unpaired) electrons. The Labute approximate surface area is 185 Å². The first-order chi connectivity index (χ1) is 14.9. The van der Waals surface area contributed by atoms with Crippen LogP contribution in [0.5, 0.6) is 0 Å². The van der Waals surface area contributed by atoms with E-state index in [1.54, 1.807) is 12.1 Å². The first kappa shape index (κ1) is 21.8. The van der Waals surface area contributed by atoms with Crippen molar-refractivity contribution in [3.8, 4) is 0 Å². The molecule has 3 aromatic rings. The van der Waals surface area contributed by atoms with Crippen LogP contribution in [-0.4, -0.2) is 45.8 Å². The van der Waals surface area contributed by atoms with Crippen molar-refractivity contribution in [2.24, 2.45) is 0 Å². The lowest BCUT2D eigenvalue weighted by molar-refractivity contribution is -0.907. The Balaban J connectivity index is 1.72. The lowest BCUT2D eigenvalue weighted by atomic mass is 10.1. The monoisotopic (exact) mass is 439 g/mol. The zero-order valence-electron chi connectivity index (χ0n) is 18.0. The Morgan fingerprint density at radius 2 is 1.61 bits per heavy atom. The van der Waals surface area contributed by atoms with Gasteiger partial charge in [0.2, 0.25) is 0 Å². The molecule has 4 rings (SSSR count).